The predicted octanol–water partition coefficient (Wildman–Crippen LogP) is 3.15. The number of esters is 1. The van der Waals surface area contributed by atoms with Crippen LogP contribution in [0.1, 0.15) is 17.3 Å². The van der Waals surface area contributed by atoms with Crippen molar-refractivity contribution >= 4 is 34.5 Å². The number of halogens is 1. The van der Waals surface area contributed by atoms with Gasteiger partial charge in [-0.05, 0) is 49.4 Å². The van der Waals surface area contributed by atoms with Gasteiger partial charge in [-0.3, -0.25) is 14.2 Å². The summed E-state index contributed by atoms with van der Waals surface area (Å²) < 4.78 is 19.5. The molecular weight excluding hydrogens is 365 g/mol. The van der Waals surface area contributed by atoms with Crippen LogP contribution in [0.15, 0.2) is 54.7 Å². The van der Waals surface area contributed by atoms with Crippen molar-refractivity contribution in [2.45, 2.75) is 6.92 Å². The van der Waals surface area contributed by atoms with Crippen LogP contribution in [-0.2, 0) is 9.53 Å². The zero-order valence-electron chi connectivity index (χ0n) is 15.1. The van der Waals surface area contributed by atoms with E-state index in [2.05, 4.69) is 10.6 Å². The molecule has 0 spiro atoms. The van der Waals surface area contributed by atoms with Crippen LogP contribution in [0.4, 0.5) is 14.9 Å². The highest BCUT2D eigenvalue weighted by Gasteiger charge is 2.13. The Balaban J connectivity index is 1.73. The molecule has 2 N–H and O–H groups in total. The Kier molecular flexibility index (Phi) is 5.69. The summed E-state index contributed by atoms with van der Waals surface area (Å²) in [5.41, 5.74) is 1.34. The lowest BCUT2D eigenvalue weighted by molar-refractivity contribution is -0.141. The summed E-state index contributed by atoms with van der Waals surface area (Å²) in [6.07, 6.45) is 1.59. The molecule has 8 heteroatoms. The highest BCUT2D eigenvalue weighted by molar-refractivity contribution is 6.03. The van der Waals surface area contributed by atoms with Gasteiger partial charge in [0, 0.05) is 22.8 Å². The summed E-state index contributed by atoms with van der Waals surface area (Å²) >= 11 is 0. The van der Waals surface area contributed by atoms with Crippen LogP contribution in [0.25, 0.3) is 10.9 Å². The molecule has 0 saturated heterocycles. The van der Waals surface area contributed by atoms with Crippen molar-refractivity contribution in [2.24, 2.45) is 0 Å². The minimum atomic E-state index is -0.553. The van der Waals surface area contributed by atoms with Crippen molar-refractivity contribution in [2.75, 3.05) is 18.5 Å². The molecule has 2 aromatic carbocycles. The Bertz CT molecular complexity index is 1040. The van der Waals surface area contributed by atoms with E-state index in [9.17, 15) is 18.8 Å². The normalized spacial score (nSPS) is 10.5. The average molecular weight is 383 g/mol. The summed E-state index contributed by atoms with van der Waals surface area (Å²) in [5.74, 6) is -1.37. The number of aromatic nitrogens is 1. The number of carbonyl (C=O) groups is 3. The zero-order chi connectivity index (χ0) is 20.1. The van der Waals surface area contributed by atoms with Gasteiger partial charge in [0.2, 0.25) is 0 Å². The van der Waals surface area contributed by atoms with Gasteiger partial charge < -0.3 is 15.4 Å². The van der Waals surface area contributed by atoms with E-state index in [1.54, 1.807) is 43.5 Å². The maximum absolute atomic E-state index is 13.4. The zero-order valence-corrected chi connectivity index (χ0v) is 15.1. The molecule has 0 bridgehead atoms. The van der Waals surface area contributed by atoms with Crippen LogP contribution in [0.5, 0.6) is 0 Å². The van der Waals surface area contributed by atoms with Crippen LogP contribution in [0.2, 0.25) is 0 Å². The highest BCUT2D eigenvalue weighted by Crippen LogP contribution is 2.22. The lowest BCUT2D eigenvalue weighted by Gasteiger charge is -2.08. The average Bonchev–Trinajstić information content (AvgIpc) is 3.09. The molecule has 0 unspecified atom stereocenters. The van der Waals surface area contributed by atoms with Crippen molar-refractivity contribution in [1.82, 2.24) is 9.88 Å². The summed E-state index contributed by atoms with van der Waals surface area (Å²) in [7, 11) is 0. The van der Waals surface area contributed by atoms with Crippen molar-refractivity contribution in [1.29, 1.82) is 0 Å². The van der Waals surface area contributed by atoms with E-state index in [1.165, 1.54) is 22.8 Å². The molecular formula is C20H18FN3O4. The smallest absolute Gasteiger partial charge is 0.325 e. The lowest BCUT2D eigenvalue weighted by Crippen LogP contribution is -2.34. The fraction of sp³-hybridized carbons (Fsp3) is 0.150. The largest absolute Gasteiger partial charge is 0.465 e. The molecule has 28 heavy (non-hydrogen) atoms. The Morgan fingerprint density at radius 2 is 1.93 bits per heavy atom. The van der Waals surface area contributed by atoms with E-state index in [-0.39, 0.29) is 24.6 Å². The first kappa shape index (κ1) is 19.1. The number of amides is 2. The van der Waals surface area contributed by atoms with Gasteiger partial charge in [0.25, 0.3) is 5.91 Å². The molecule has 0 atom stereocenters. The van der Waals surface area contributed by atoms with Gasteiger partial charge in [0.1, 0.15) is 12.4 Å². The number of hydrogen-bond acceptors (Lipinski definition) is 4. The van der Waals surface area contributed by atoms with Crippen molar-refractivity contribution < 1.29 is 23.5 Å². The summed E-state index contributed by atoms with van der Waals surface area (Å²) in [6, 6.07) is 11.6. The molecule has 144 valence electrons. The maximum atomic E-state index is 13.4. The molecule has 0 radical (unpaired) electrons. The minimum absolute atomic E-state index is 0.234. The summed E-state index contributed by atoms with van der Waals surface area (Å²) in [6.45, 7) is 1.68. The third kappa shape index (κ3) is 4.35. The standard InChI is InChI=1S/C20H18FN3O4/c1-2-28-18(25)12-22-20(27)23-16-6-7-17-13(11-16)8-9-24(17)19(26)14-4-3-5-15(21)10-14/h3-11H,2,12H2,1H3,(H2,22,23,27). The van der Waals surface area contributed by atoms with Crippen molar-refractivity contribution in [3.05, 3.63) is 66.1 Å². The number of urea groups is 1. The van der Waals surface area contributed by atoms with Crippen LogP contribution in [0.3, 0.4) is 0 Å². The first-order chi connectivity index (χ1) is 13.5. The van der Waals surface area contributed by atoms with E-state index in [0.29, 0.717) is 16.6 Å². The number of hydrogen-bond donors (Lipinski definition) is 2. The summed E-state index contributed by atoms with van der Waals surface area (Å²) in [5, 5.41) is 5.72. The first-order valence-electron chi connectivity index (χ1n) is 8.60. The number of anilines is 1. The molecule has 0 aliphatic heterocycles. The number of carbonyl (C=O) groups excluding carboxylic acids is 3. The molecule has 0 aliphatic carbocycles. The van der Waals surface area contributed by atoms with E-state index in [0.717, 1.165) is 0 Å². The monoisotopic (exact) mass is 383 g/mol. The second kappa shape index (κ2) is 8.34. The molecule has 1 aromatic heterocycles. The minimum Gasteiger partial charge on any atom is -0.465 e. The number of ether oxygens (including phenoxy) is 1. The van der Waals surface area contributed by atoms with Crippen LogP contribution in [-0.4, -0.2) is 35.6 Å². The third-order valence-corrected chi connectivity index (χ3v) is 3.94. The van der Waals surface area contributed by atoms with Gasteiger partial charge in [-0.2, -0.15) is 0 Å². The number of rotatable bonds is 5. The SMILES string of the molecule is CCOC(=O)CNC(=O)Nc1ccc2c(ccn2C(=O)c2cccc(F)c2)c1. The highest BCUT2D eigenvalue weighted by atomic mass is 19.1. The van der Waals surface area contributed by atoms with Crippen molar-refractivity contribution in [3.8, 4) is 0 Å². The Labute approximate surface area is 160 Å². The van der Waals surface area contributed by atoms with Crippen LogP contribution >= 0.6 is 0 Å². The fourth-order valence-corrected chi connectivity index (χ4v) is 2.70. The van der Waals surface area contributed by atoms with Gasteiger partial charge in [-0.1, -0.05) is 6.07 Å². The number of fused-ring (bicyclic) bond motifs is 1. The van der Waals surface area contributed by atoms with E-state index in [4.69, 9.17) is 4.74 Å². The molecule has 0 fully saturated rings. The quantitative estimate of drug-likeness (QED) is 0.663. The van der Waals surface area contributed by atoms with Crippen LogP contribution in [0, 0.1) is 5.82 Å². The molecule has 0 saturated carbocycles. The molecule has 3 rings (SSSR count). The second-order valence-corrected chi connectivity index (χ2v) is 5.89. The molecule has 7 nitrogen and oxygen atoms in total. The Hall–Kier alpha value is -3.68. The fourth-order valence-electron chi connectivity index (χ4n) is 2.70. The second-order valence-electron chi connectivity index (χ2n) is 5.89. The van der Waals surface area contributed by atoms with Crippen molar-refractivity contribution in [3.63, 3.8) is 0 Å². The van der Waals surface area contributed by atoms with Crippen LogP contribution < -0.4 is 10.6 Å². The number of benzene rings is 2. The van der Waals surface area contributed by atoms with E-state index >= 15 is 0 Å². The predicted molar refractivity (Wildman–Crippen MR) is 102 cm³/mol. The maximum Gasteiger partial charge on any atom is 0.325 e. The topological polar surface area (TPSA) is 89.4 Å². The van der Waals surface area contributed by atoms with Gasteiger partial charge >= 0.3 is 12.0 Å². The Morgan fingerprint density at radius 1 is 1.11 bits per heavy atom. The van der Waals surface area contributed by atoms with E-state index < -0.39 is 17.8 Å². The summed E-state index contributed by atoms with van der Waals surface area (Å²) in [4.78, 5) is 35.7. The molecule has 3 aromatic rings. The van der Waals surface area contributed by atoms with Gasteiger partial charge in [-0.15, -0.1) is 0 Å². The molecule has 0 aliphatic rings. The van der Waals surface area contributed by atoms with Gasteiger partial charge in [-0.25, -0.2) is 9.18 Å². The van der Waals surface area contributed by atoms with Gasteiger partial charge in [0.15, 0.2) is 0 Å². The lowest BCUT2D eigenvalue weighted by atomic mass is 10.2. The number of nitrogens with one attached hydrogen (secondary N) is 2. The Morgan fingerprint density at radius 3 is 2.68 bits per heavy atom. The first-order valence-corrected chi connectivity index (χ1v) is 8.60. The molecule has 2 amide bonds. The number of nitrogens with zero attached hydrogens (tertiary/aromatic N) is 1. The van der Waals surface area contributed by atoms with Gasteiger partial charge in [0.05, 0.1) is 12.1 Å². The third-order valence-electron chi connectivity index (χ3n) is 3.94. The van der Waals surface area contributed by atoms with E-state index in [1.807, 2.05) is 0 Å². The molecule has 1 heterocycles.